The maximum atomic E-state index is 13.3. The number of hydrogen-bond acceptors (Lipinski definition) is 4. The van der Waals surface area contributed by atoms with Crippen molar-refractivity contribution in [3.63, 3.8) is 0 Å². The molecule has 1 saturated heterocycles. The number of alkyl halides is 3. The Labute approximate surface area is 195 Å². The lowest BCUT2D eigenvalue weighted by Gasteiger charge is -2.35. The van der Waals surface area contributed by atoms with Crippen LogP contribution in [0, 0.1) is 0 Å². The van der Waals surface area contributed by atoms with E-state index in [1.807, 2.05) is 13.8 Å². The third-order valence-electron chi connectivity index (χ3n) is 5.78. The van der Waals surface area contributed by atoms with Gasteiger partial charge in [0.1, 0.15) is 6.54 Å². The highest BCUT2D eigenvalue weighted by atomic mass is 32.2. The van der Waals surface area contributed by atoms with E-state index in [1.165, 1.54) is 18.3 Å². The normalized spacial score (nSPS) is 19.5. The number of para-hydroxylation sites is 1. The number of fused-ring (bicyclic) bond motifs is 1. The Morgan fingerprint density at radius 1 is 1.06 bits per heavy atom. The van der Waals surface area contributed by atoms with E-state index >= 15 is 0 Å². The summed E-state index contributed by atoms with van der Waals surface area (Å²) in [5.74, 6) is -0.748. The van der Waals surface area contributed by atoms with E-state index in [9.17, 15) is 26.4 Å². The van der Waals surface area contributed by atoms with Gasteiger partial charge < -0.3 is 14.2 Å². The lowest BCUT2D eigenvalue weighted by atomic mass is 10.1. The number of aromatic nitrogens is 1. The lowest BCUT2D eigenvalue weighted by molar-refractivity contribution is -0.143. The standard InChI is InChI=1S/C24H25F3N2O4S/c1-16-11-29(12-17(2)33-16)23(30)14-28-13-22(20-8-3-4-9-21(20)28)34(31,32)15-18-6-5-7-19(10-18)24(25,26)27/h3-10,13,16-17H,11-12,14-15H2,1-2H3/t16-,17+. The van der Waals surface area contributed by atoms with Crippen LogP contribution >= 0.6 is 0 Å². The molecule has 1 fully saturated rings. The molecule has 34 heavy (non-hydrogen) atoms. The van der Waals surface area contributed by atoms with Crippen molar-refractivity contribution in [3.8, 4) is 0 Å². The maximum absolute atomic E-state index is 13.3. The molecule has 0 radical (unpaired) electrons. The molecule has 0 spiro atoms. The number of benzene rings is 2. The second-order valence-electron chi connectivity index (χ2n) is 8.65. The number of halogens is 3. The third-order valence-corrected chi connectivity index (χ3v) is 7.48. The molecule has 1 amide bonds. The average Bonchev–Trinajstić information content (AvgIpc) is 3.12. The zero-order chi connectivity index (χ0) is 24.7. The van der Waals surface area contributed by atoms with Gasteiger partial charge in [-0.05, 0) is 31.5 Å². The topological polar surface area (TPSA) is 68.6 Å². The molecule has 6 nitrogen and oxygen atoms in total. The van der Waals surface area contributed by atoms with E-state index in [0.717, 1.165) is 12.1 Å². The Morgan fingerprint density at radius 2 is 1.74 bits per heavy atom. The van der Waals surface area contributed by atoms with Gasteiger partial charge in [-0.3, -0.25) is 4.79 Å². The van der Waals surface area contributed by atoms with Crippen molar-refractivity contribution in [1.82, 2.24) is 9.47 Å². The minimum atomic E-state index is -4.56. The van der Waals surface area contributed by atoms with Gasteiger partial charge in [0, 0.05) is 30.2 Å². The van der Waals surface area contributed by atoms with Crippen LogP contribution in [0.3, 0.4) is 0 Å². The molecule has 2 aromatic carbocycles. The quantitative estimate of drug-likeness (QED) is 0.531. The van der Waals surface area contributed by atoms with Crippen molar-refractivity contribution in [2.45, 2.75) is 49.4 Å². The van der Waals surface area contributed by atoms with Crippen LogP contribution in [0.2, 0.25) is 0 Å². The average molecular weight is 495 g/mol. The fourth-order valence-corrected chi connectivity index (χ4v) is 5.92. The molecule has 1 aliphatic rings. The Hall–Kier alpha value is -2.85. The van der Waals surface area contributed by atoms with Gasteiger partial charge in [0.15, 0.2) is 9.84 Å². The van der Waals surface area contributed by atoms with Gasteiger partial charge in [-0.2, -0.15) is 13.2 Å². The summed E-state index contributed by atoms with van der Waals surface area (Å²) < 4.78 is 73.0. The van der Waals surface area contributed by atoms with Gasteiger partial charge in [-0.25, -0.2) is 8.42 Å². The van der Waals surface area contributed by atoms with Crippen molar-refractivity contribution in [2.75, 3.05) is 13.1 Å². The van der Waals surface area contributed by atoms with Crippen LogP contribution < -0.4 is 0 Å². The second kappa shape index (κ2) is 9.07. The number of sulfone groups is 1. The van der Waals surface area contributed by atoms with Crippen molar-refractivity contribution in [1.29, 1.82) is 0 Å². The Bertz CT molecular complexity index is 1310. The van der Waals surface area contributed by atoms with Crippen LogP contribution in [0.1, 0.15) is 25.0 Å². The molecular weight excluding hydrogens is 469 g/mol. The van der Waals surface area contributed by atoms with Crippen LogP contribution in [-0.2, 0) is 37.8 Å². The molecule has 1 aliphatic heterocycles. The number of morpholine rings is 1. The van der Waals surface area contributed by atoms with Gasteiger partial charge in [0.05, 0.1) is 28.4 Å². The van der Waals surface area contributed by atoms with Crippen LogP contribution in [-0.4, -0.2) is 49.1 Å². The first-order valence-electron chi connectivity index (χ1n) is 10.8. The molecule has 4 rings (SSSR count). The largest absolute Gasteiger partial charge is 0.416 e. The first kappa shape index (κ1) is 24.3. The van der Waals surface area contributed by atoms with Crippen LogP contribution in [0.25, 0.3) is 10.9 Å². The highest BCUT2D eigenvalue weighted by Gasteiger charge is 2.31. The fraction of sp³-hybridized carbons (Fsp3) is 0.375. The SMILES string of the molecule is C[C@@H]1CN(C(=O)Cn2cc(S(=O)(=O)Cc3cccc(C(F)(F)F)c3)c3ccccc32)C[C@H](C)O1. The summed E-state index contributed by atoms with van der Waals surface area (Å²) in [4.78, 5) is 14.7. The van der Waals surface area contributed by atoms with Gasteiger partial charge >= 0.3 is 6.18 Å². The Kier molecular flexibility index (Phi) is 6.48. The molecule has 182 valence electrons. The van der Waals surface area contributed by atoms with E-state index in [4.69, 9.17) is 4.74 Å². The molecule has 0 saturated carbocycles. The number of ether oxygens (including phenoxy) is 1. The number of amides is 1. The summed E-state index contributed by atoms with van der Waals surface area (Å²) in [6.07, 6.45) is -3.36. The van der Waals surface area contributed by atoms with Crippen molar-refractivity contribution >= 4 is 26.6 Å². The second-order valence-corrected chi connectivity index (χ2v) is 10.6. The molecule has 2 atom stereocenters. The van der Waals surface area contributed by atoms with E-state index in [1.54, 1.807) is 33.7 Å². The van der Waals surface area contributed by atoms with Gasteiger partial charge in [0.25, 0.3) is 0 Å². The Balaban J connectivity index is 1.64. The number of rotatable bonds is 5. The summed E-state index contributed by atoms with van der Waals surface area (Å²) in [6.45, 7) is 4.62. The molecule has 0 unspecified atom stereocenters. The molecule has 3 aromatic rings. The molecule has 1 aromatic heterocycles. The van der Waals surface area contributed by atoms with E-state index < -0.39 is 27.3 Å². The van der Waals surface area contributed by atoms with Gasteiger partial charge in [-0.15, -0.1) is 0 Å². The lowest BCUT2D eigenvalue weighted by Crippen LogP contribution is -2.49. The summed E-state index contributed by atoms with van der Waals surface area (Å²) >= 11 is 0. The fourth-order valence-electron chi connectivity index (χ4n) is 4.35. The smallest absolute Gasteiger partial charge is 0.372 e. The number of carbonyl (C=O) groups is 1. The summed E-state index contributed by atoms with van der Waals surface area (Å²) in [5.41, 5.74) is -0.297. The predicted octanol–water partition coefficient (Wildman–Crippen LogP) is 4.27. The van der Waals surface area contributed by atoms with Crippen molar-refractivity contribution in [3.05, 3.63) is 65.9 Å². The monoisotopic (exact) mass is 494 g/mol. The predicted molar refractivity (Wildman–Crippen MR) is 121 cm³/mol. The molecular formula is C24H25F3N2O4S. The number of hydrogen-bond donors (Lipinski definition) is 0. The minimum absolute atomic E-state index is 0.0166. The van der Waals surface area contributed by atoms with Gasteiger partial charge in [0.2, 0.25) is 5.91 Å². The minimum Gasteiger partial charge on any atom is -0.372 e. The van der Waals surface area contributed by atoms with E-state index in [0.29, 0.717) is 24.0 Å². The number of carbonyl (C=O) groups excluding carboxylic acids is 1. The van der Waals surface area contributed by atoms with Crippen LogP contribution in [0.15, 0.2) is 59.6 Å². The highest BCUT2D eigenvalue weighted by molar-refractivity contribution is 7.90. The van der Waals surface area contributed by atoms with Crippen LogP contribution in [0.5, 0.6) is 0 Å². The first-order valence-corrected chi connectivity index (χ1v) is 12.5. The van der Waals surface area contributed by atoms with E-state index in [2.05, 4.69) is 0 Å². The van der Waals surface area contributed by atoms with Gasteiger partial charge in [-0.1, -0.05) is 36.4 Å². The zero-order valence-corrected chi connectivity index (χ0v) is 19.6. The molecule has 0 aliphatic carbocycles. The van der Waals surface area contributed by atoms with Crippen molar-refractivity contribution < 1.29 is 31.1 Å². The van der Waals surface area contributed by atoms with Crippen molar-refractivity contribution in [2.24, 2.45) is 0 Å². The summed E-state index contributed by atoms with van der Waals surface area (Å²) in [7, 11) is -3.99. The Morgan fingerprint density at radius 3 is 2.41 bits per heavy atom. The zero-order valence-electron chi connectivity index (χ0n) is 18.7. The first-order chi connectivity index (χ1) is 15.9. The highest BCUT2D eigenvalue weighted by Crippen LogP contribution is 2.32. The third kappa shape index (κ3) is 5.12. The van der Waals surface area contributed by atoms with Crippen LogP contribution in [0.4, 0.5) is 13.2 Å². The molecule has 0 N–H and O–H groups in total. The number of nitrogens with zero attached hydrogens (tertiary/aromatic N) is 2. The molecule has 0 bridgehead atoms. The summed E-state index contributed by atoms with van der Waals surface area (Å²) in [6, 6.07) is 11.1. The maximum Gasteiger partial charge on any atom is 0.416 e. The molecule has 2 heterocycles. The molecule has 10 heteroatoms. The van der Waals surface area contributed by atoms with E-state index in [-0.39, 0.29) is 35.1 Å². The summed E-state index contributed by atoms with van der Waals surface area (Å²) in [5, 5.41) is 0.422.